The smallest absolute Gasteiger partial charge is 0.343 e. The van der Waals surface area contributed by atoms with Gasteiger partial charge < -0.3 is 19.1 Å². The first-order valence-electron chi connectivity index (χ1n) is 8.97. The Morgan fingerprint density at radius 1 is 1.32 bits per heavy atom. The van der Waals surface area contributed by atoms with Crippen molar-refractivity contribution in [3.63, 3.8) is 0 Å². The lowest BCUT2D eigenvalue weighted by molar-refractivity contribution is -0.172. The van der Waals surface area contributed by atoms with Crippen LogP contribution in [0.15, 0.2) is 29.2 Å². The molecule has 3 aromatic heterocycles. The second-order valence-electron chi connectivity index (χ2n) is 7.02. The first-order valence-corrected chi connectivity index (χ1v) is 8.97. The van der Waals surface area contributed by atoms with Crippen molar-refractivity contribution in [3.05, 3.63) is 51.4 Å². The van der Waals surface area contributed by atoms with Gasteiger partial charge in [-0.1, -0.05) is 6.92 Å². The van der Waals surface area contributed by atoms with Crippen molar-refractivity contribution in [2.45, 2.75) is 32.1 Å². The van der Waals surface area contributed by atoms with Crippen LogP contribution >= 0.6 is 0 Å². The Kier molecular flexibility index (Phi) is 3.39. The van der Waals surface area contributed by atoms with Gasteiger partial charge in [-0.15, -0.1) is 0 Å². The number of cyclic esters (lactones) is 1. The average molecular weight is 379 g/mol. The molecule has 1 atom stereocenters. The number of aromatic nitrogens is 3. The van der Waals surface area contributed by atoms with Crippen LogP contribution in [0, 0.1) is 0 Å². The first kappa shape index (κ1) is 16.9. The van der Waals surface area contributed by atoms with Crippen molar-refractivity contribution >= 4 is 16.9 Å². The Morgan fingerprint density at radius 3 is 2.89 bits per heavy atom. The molecule has 0 fully saturated rings. The fourth-order valence-electron chi connectivity index (χ4n) is 3.98. The molecule has 0 spiro atoms. The van der Waals surface area contributed by atoms with Crippen LogP contribution in [0.25, 0.3) is 22.3 Å². The molecule has 2 aliphatic heterocycles. The molecule has 0 amide bonds. The van der Waals surface area contributed by atoms with Crippen LogP contribution in [0.4, 0.5) is 0 Å². The molecule has 0 saturated heterocycles. The molecule has 0 aromatic carbocycles. The van der Waals surface area contributed by atoms with Gasteiger partial charge in [-0.3, -0.25) is 4.79 Å². The summed E-state index contributed by atoms with van der Waals surface area (Å²) >= 11 is 0. The van der Waals surface area contributed by atoms with E-state index in [2.05, 4.69) is 9.97 Å². The lowest BCUT2D eigenvalue weighted by Crippen LogP contribution is -2.44. The Bertz CT molecular complexity index is 1230. The molecule has 28 heavy (non-hydrogen) atoms. The first-order chi connectivity index (χ1) is 13.5. The molecule has 8 heteroatoms. The number of pyridine rings is 3. The molecular weight excluding hydrogens is 362 g/mol. The average Bonchev–Trinajstić information content (AvgIpc) is 3.07. The molecule has 2 aliphatic rings. The van der Waals surface area contributed by atoms with Crippen LogP contribution in [0.1, 0.15) is 30.0 Å². The van der Waals surface area contributed by atoms with E-state index in [-0.39, 0.29) is 18.6 Å². The van der Waals surface area contributed by atoms with Crippen LogP contribution in [0.2, 0.25) is 0 Å². The second-order valence-corrected chi connectivity index (χ2v) is 7.02. The molecule has 8 nitrogen and oxygen atoms in total. The minimum atomic E-state index is -1.82. The van der Waals surface area contributed by atoms with Crippen molar-refractivity contribution < 1.29 is 19.4 Å². The van der Waals surface area contributed by atoms with Gasteiger partial charge in [-0.25, -0.2) is 14.8 Å². The SMILES string of the molecule is CCC1(O)C(=O)OCc2c1cc1n(c2=O)Cc2cc3cc(OC)ncc3nc2-1. The van der Waals surface area contributed by atoms with Gasteiger partial charge in [-0.05, 0) is 18.6 Å². The van der Waals surface area contributed by atoms with Gasteiger partial charge in [0.05, 0.1) is 42.3 Å². The largest absolute Gasteiger partial charge is 0.481 e. The maximum Gasteiger partial charge on any atom is 0.343 e. The lowest BCUT2D eigenvalue weighted by Gasteiger charge is -2.31. The number of carbonyl (C=O) groups excluding carboxylic acids is 1. The summed E-state index contributed by atoms with van der Waals surface area (Å²) in [5, 5.41) is 11.7. The summed E-state index contributed by atoms with van der Waals surface area (Å²) < 4.78 is 11.9. The van der Waals surface area contributed by atoms with E-state index in [0.717, 1.165) is 10.9 Å². The third-order valence-electron chi connectivity index (χ3n) is 5.58. The summed E-state index contributed by atoms with van der Waals surface area (Å²) in [7, 11) is 1.55. The summed E-state index contributed by atoms with van der Waals surface area (Å²) in [5.41, 5.74) is 1.31. The molecule has 0 aliphatic carbocycles. The molecule has 0 bridgehead atoms. The number of carbonyl (C=O) groups is 1. The second kappa shape index (κ2) is 5.62. The fourth-order valence-corrected chi connectivity index (χ4v) is 3.98. The van der Waals surface area contributed by atoms with Crippen LogP contribution < -0.4 is 10.3 Å². The number of ether oxygens (including phenoxy) is 2. The van der Waals surface area contributed by atoms with Crippen LogP contribution in [0.5, 0.6) is 5.88 Å². The van der Waals surface area contributed by atoms with Crippen molar-refractivity contribution in [3.8, 4) is 17.3 Å². The highest BCUT2D eigenvalue weighted by atomic mass is 16.6. The van der Waals surface area contributed by atoms with E-state index in [4.69, 9.17) is 9.47 Å². The lowest BCUT2D eigenvalue weighted by atomic mass is 9.86. The van der Waals surface area contributed by atoms with E-state index in [1.165, 1.54) is 0 Å². The van der Waals surface area contributed by atoms with Gasteiger partial charge in [0.2, 0.25) is 5.88 Å². The Balaban J connectivity index is 1.76. The molecule has 1 unspecified atom stereocenters. The van der Waals surface area contributed by atoms with Gasteiger partial charge in [0.1, 0.15) is 6.61 Å². The maximum atomic E-state index is 13.1. The standard InChI is InChI=1S/C20H17N3O5/c1-3-20(26)13-6-15-17-11(4-10-5-16(27-2)21-7-14(10)22-17)8-23(15)18(24)12(13)9-28-19(20)25/h4-7,26H,3,8-9H2,1-2H3. The molecule has 5 rings (SSSR count). The fraction of sp³-hybridized carbons (Fsp3) is 0.300. The summed E-state index contributed by atoms with van der Waals surface area (Å²) in [5.74, 6) is -0.242. The van der Waals surface area contributed by atoms with E-state index in [1.54, 1.807) is 36.9 Å². The predicted molar refractivity (Wildman–Crippen MR) is 98.9 cm³/mol. The van der Waals surface area contributed by atoms with E-state index in [0.29, 0.717) is 40.5 Å². The summed E-state index contributed by atoms with van der Waals surface area (Å²) in [6, 6.07) is 5.45. The zero-order chi connectivity index (χ0) is 19.6. The molecule has 0 radical (unpaired) electrons. The summed E-state index contributed by atoms with van der Waals surface area (Å²) in [6.07, 6.45) is 1.73. The monoisotopic (exact) mass is 379 g/mol. The van der Waals surface area contributed by atoms with Crippen LogP contribution in [-0.4, -0.2) is 32.7 Å². The number of aliphatic hydroxyl groups is 1. The Hall–Kier alpha value is -3.26. The quantitative estimate of drug-likeness (QED) is 0.526. The van der Waals surface area contributed by atoms with Gasteiger partial charge in [0.15, 0.2) is 5.60 Å². The normalized spacial score (nSPS) is 19.8. The van der Waals surface area contributed by atoms with E-state index < -0.39 is 11.6 Å². The topological polar surface area (TPSA) is 104 Å². The molecular formula is C20H17N3O5. The molecule has 5 heterocycles. The van der Waals surface area contributed by atoms with Crippen molar-refractivity contribution in [2.75, 3.05) is 7.11 Å². The number of hydrogen-bond acceptors (Lipinski definition) is 7. The minimum Gasteiger partial charge on any atom is -0.481 e. The van der Waals surface area contributed by atoms with Gasteiger partial charge in [-0.2, -0.15) is 0 Å². The number of rotatable bonds is 2. The van der Waals surface area contributed by atoms with Crippen molar-refractivity contribution in [1.29, 1.82) is 0 Å². The zero-order valence-electron chi connectivity index (χ0n) is 15.4. The predicted octanol–water partition coefficient (Wildman–Crippen LogP) is 1.48. The Morgan fingerprint density at radius 2 is 2.14 bits per heavy atom. The number of fused-ring (bicyclic) bond motifs is 5. The van der Waals surface area contributed by atoms with Crippen molar-refractivity contribution in [1.82, 2.24) is 14.5 Å². The molecule has 3 aromatic rings. The van der Waals surface area contributed by atoms with Crippen LogP contribution in [-0.2, 0) is 28.3 Å². The number of esters is 1. The highest BCUT2D eigenvalue weighted by Crippen LogP contribution is 2.38. The van der Waals surface area contributed by atoms with E-state index >= 15 is 0 Å². The van der Waals surface area contributed by atoms with Gasteiger partial charge >= 0.3 is 5.97 Å². The zero-order valence-corrected chi connectivity index (χ0v) is 15.4. The van der Waals surface area contributed by atoms with Gasteiger partial charge in [0.25, 0.3) is 5.56 Å². The molecule has 1 N–H and O–H groups in total. The number of methoxy groups -OCH3 is 1. The summed E-state index contributed by atoms with van der Waals surface area (Å²) in [4.78, 5) is 34.1. The minimum absolute atomic E-state index is 0.115. The summed E-state index contributed by atoms with van der Waals surface area (Å²) in [6.45, 7) is 1.91. The third-order valence-corrected chi connectivity index (χ3v) is 5.58. The number of hydrogen-bond donors (Lipinski definition) is 1. The maximum absolute atomic E-state index is 13.1. The highest BCUT2D eigenvalue weighted by Gasteiger charge is 2.45. The highest BCUT2D eigenvalue weighted by molar-refractivity contribution is 5.86. The van der Waals surface area contributed by atoms with Gasteiger partial charge in [0, 0.05) is 22.6 Å². The molecule has 0 saturated carbocycles. The van der Waals surface area contributed by atoms with E-state index in [9.17, 15) is 14.7 Å². The number of nitrogens with zero attached hydrogens (tertiary/aromatic N) is 3. The third kappa shape index (κ3) is 2.09. The van der Waals surface area contributed by atoms with Crippen molar-refractivity contribution in [2.24, 2.45) is 0 Å². The Labute approximate surface area is 159 Å². The van der Waals surface area contributed by atoms with E-state index in [1.807, 2.05) is 6.07 Å². The van der Waals surface area contributed by atoms with Crippen LogP contribution in [0.3, 0.4) is 0 Å². The molecule has 142 valence electrons.